The maximum Gasteiger partial charge on any atom is 0.306 e. The van der Waals surface area contributed by atoms with Gasteiger partial charge in [0.1, 0.15) is 4.83 Å². The van der Waals surface area contributed by atoms with Crippen molar-refractivity contribution in [2.75, 3.05) is 0 Å². The van der Waals surface area contributed by atoms with E-state index in [-0.39, 0.29) is 11.5 Å². The summed E-state index contributed by atoms with van der Waals surface area (Å²) in [5, 5.41) is 2.77. The van der Waals surface area contributed by atoms with Gasteiger partial charge in [-0.15, -0.1) is 22.7 Å². The lowest BCUT2D eigenvalue weighted by Gasteiger charge is -2.17. The van der Waals surface area contributed by atoms with Crippen molar-refractivity contribution in [1.82, 2.24) is 9.97 Å². The van der Waals surface area contributed by atoms with E-state index in [9.17, 15) is 9.59 Å². The lowest BCUT2D eigenvalue weighted by molar-refractivity contribution is -0.149. The topological polar surface area (TPSA) is 72.0 Å². The van der Waals surface area contributed by atoms with E-state index in [1.807, 2.05) is 11.4 Å². The Morgan fingerprint density at radius 3 is 3.11 bits per heavy atom. The van der Waals surface area contributed by atoms with Gasteiger partial charge in [-0.2, -0.15) is 0 Å². The first-order valence-electron chi connectivity index (χ1n) is 9.77. The Kier molecular flexibility index (Phi) is 5.64. The third kappa shape index (κ3) is 4.05. The number of nitrogens with one attached hydrogen (secondary N) is 1. The van der Waals surface area contributed by atoms with E-state index in [1.54, 1.807) is 29.6 Å². The molecule has 0 amide bonds. The van der Waals surface area contributed by atoms with Gasteiger partial charge in [0.05, 0.1) is 5.39 Å². The highest BCUT2D eigenvalue weighted by Crippen LogP contribution is 2.36. The van der Waals surface area contributed by atoms with Gasteiger partial charge in [-0.05, 0) is 62.0 Å². The molecule has 5 nitrogen and oxygen atoms in total. The zero-order chi connectivity index (χ0) is 19.7. The van der Waals surface area contributed by atoms with Crippen LogP contribution in [0.3, 0.4) is 0 Å². The second kappa shape index (κ2) is 8.17. The number of fused-ring (bicyclic) bond motifs is 3. The second-order valence-electron chi connectivity index (χ2n) is 7.55. The first-order chi connectivity index (χ1) is 13.5. The van der Waals surface area contributed by atoms with Crippen LogP contribution in [-0.4, -0.2) is 15.9 Å². The first kappa shape index (κ1) is 19.3. The zero-order valence-electron chi connectivity index (χ0n) is 16.1. The Hall–Kier alpha value is -1.99. The maximum atomic E-state index is 12.7. The van der Waals surface area contributed by atoms with Crippen molar-refractivity contribution in [2.45, 2.75) is 58.5 Å². The third-order valence-corrected chi connectivity index (χ3v) is 7.35. The molecule has 0 spiro atoms. The summed E-state index contributed by atoms with van der Waals surface area (Å²) in [6.45, 7) is 4.01. The number of hydrogen-bond acceptors (Lipinski definition) is 6. The Bertz CT molecular complexity index is 1040. The molecular formula is C21H24N2O3S2. The van der Waals surface area contributed by atoms with Crippen molar-refractivity contribution in [2.24, 2.45) is 5.92 Å². The van der Waals surface area contributed by atoms with E-state index in [4.69, 9.17) is 4.74 Å². The van der Waals surface area contributed by atoms with Crippen LogP contribution in [0.25, 0.3) is 10.2 Å². The number of rotatable bonds is 6. The summed E-state index contributed by atoms with van der Waals surface area (Å²) in [7, 11) is 0. The standard InChI is InChI=1S/C21H24N2O3S2/c1-12-8-9-15-16(11-12)28-21-18(15)20(25)22-19(23-21)13(2)26-17(24)7-3-5-14-6-4-10-27-14/h4,6,10,12-13H,3,5,7-9,11H2,1-2H3,(H,22,23,25)/t12-,13+/m1/s1. The van der Waals surface area contributed by atoms with Crippen molar-refractivity contribution in [3.63, 3.8) is 0 Å². The summed E-state index contributed by atoms with van der Waals surface area (Å²) in [5.74, 6) is 0.815. The van der Waals surface area contributed by atoms with Crippen LogP contribution in [-0.2, 0) is 28.8 Å². The Balaban J connectivity index is 1.44. The Morgan fingerprint density at radius 2 is 2.32 bits per heavy atom. The third-order valence-electron chi connectivity index (χ3n) is 5.26. The average molecular weight is 417 g/mol. The minimum atomic E-state index is -0.565. The van der Waals surface area contributed by atoms with Crippen LogP contribution < -0.4 is 5.56 Å². The molecule has 1 N–H and O–H groups in total. The molecule has 3 heterocycles. The largest absolute Gasteiger partial charge is 0.454 e. The number of hydrogen-bond donors (Lipinski definition) is 1. The van der Waals surface area contributed by atoms with Gasteiger partial charge in [-0.3, -0.25) is 9.59 Å². The highest BCUT2D eigenvalue weighted by molar-refractivity contribution is 7.18. The maximum absolute atomic E-state index is 12.7. The SMILES string of the molecule is C[C@@H]1CCc2c(sc3nc([C@H](C)OC(=O)CCCc4cccs4)[nH]c(=O)c23)C1. The van der Waals surface area contributed by atoms with Gasteiger partial charge in [0, 0.05) is 16.2 Å². The highest BCUT2D eigenvalue weighted by atomic mass is 32.1. The number of carbonyl (C=O) groups is 1. The normalized spacial score (nSPS) is 17.4. The molecule has 3 aromatic heterocycles. The summed E-state index contributed by atoms with van der Waals surface area (Å²) in [4.78, 5) is 35.6. The second-order valence-corrected chi connectivity index (χ2v) is 9.66. The molecule has 0 fully saturated rings. The van der Waals surface area contributed by atoms with Crippen LogP contribution in [0.15, 0.2) is 22.3 Å². The van der Waals surface area contributed by atoms with Crippen molar-refractivity contribution in [3.8, 4) is 0 Å². The van der Waals surface area contributed by atoms with Gasteiger partial charge in [-0.25, -0.2) is 4.98 Å². The number of nitrogens with zero attached hydrogens (tertiary/aromatic N) is 1. The fraction of sp³-hybridized carbons (Fsp3) is 0.476. The van der Waals surface area contributed by atoms with Gasteiger partial charge in [-0.1, -0.05) is 13.0 Å². The smallest absolute Gasteiger partial charge is 0.306 e. The molecule has 4 rings (SSSR count). The molecule has 0 bridgehead atoms. The molecule has 28 heavy (non-hydrogen) atoms. The van der Waals surface area contributed by atoms with Crippen molar-refractivity contribution in [1.29, 1.82) is 0 Å². The molecule has 1 aliphatic carbocycles. The predicted octanol–water partition coefficient (Wildman–Crippen LogP) is 4.80. The molecule has 148 valence electrons. The van der Waals surface area contributed by atoms with E-state index in [0.717, 1.165) is 47.9 Å². The minimum Gasteiger partial charge on any atom is -0.454 e. The fourth-order valence-corrected chi connectivity index (χ4v) is 5.87. The van der Waals surface area contributed by atoms with Crippen LogP contribution in [0, 0.1) is 5.92 Å². The summed E-state index contributed by atoms with van der Waals surface area (Å²) >= 11 is 3.31. The highest BCUT2D eigenvalue weighted by Gasteiger charge is 2.24. The summed E-state index contributed by atoms with van der Waals surface area (Å²) in [6, 6.07) is 4.09. The fourth-order valence-electron chi connectivity index (χ4n) is 3.73. The van der Waals surface area contributed by atoms with Crippen molar-refractivity contribution in [3.05, 3.63) is 49.0 Å². The number of carbonyl (C=O) groups excluding carboxylic acids is 1. The van der Waals surface area contributed by atoms with Gasteiger partial charge in [0.25, 0.3) is 5.56 Å². The lowest BCUT2D eigenvalue weighted by Crippen LogP contribution is -2.18. The average Bonchev–Trinajstić information content (AvgIpc) is 3.28. The van der Waals surface area contributed by atoms with E-state index in [1.165, 1.54) is 9.75 Å². The molecule has 0 aliphatic heterocycles. The lowest BCUT2D eigenvalue weighted by atomic mass is 9.89. The number of aromatic amines is 1. The van der Waals surface area contributed by atoms with E-state index >= 15 is 0 Å². The Labute approximate surface area is 171 Å². The van der Waals surface area contributed by atoms with Crippen molar-refractivity contribution < 1.29 is 9.53 Å². The van der Waals surface area contributed by atoms with Crippen LogP contribution in [0.4, 0.5) is 0 Å². The molecule has 0 saturated heterocycles. The number of esters is 1. The van der Waals surface area contributed by atoms with Gasteiger partial charge < -0.3 is 9.72 Å². The zero-order valence-corrected chi connectivity index (χ0v) is 17.8. The molecule has 0 radical (unpaired) electrons. The molecule has 7 heteroatoms. The predicted molar refractivity (Wildman–Crippen MR) is 113 cm³/mol. The van der Waals surface area contributed by atoms with Crippen molar-refractivity contribution >= 4 is 38.9 Å². The quantitative estimate of drug-likeness (QED) is 0.586. The van der Waals surface area contributed by atoms with Gasteiger partial charge >= 0.3 is 5.97 Å². The molecular weight excluding hydrogens is 392 g/mol. The van der Waals surface area contributed by atoms with Gasteiger partial charge in [0.15, 0.2) is 11.9 Å². The molecule has 3 aromatic rings. The molecule has 1 aliphatic rings. The molecule has 0 aromatic carbocycles. The number of aryl methyl sites for hydroxylation is 2. The van der Waals surface area contributed by atoms with E-state index < -0.39 is 6.10 Å². The number of aromatic nitrogens is 2. The van der Waals surface area contributed by atoms with Crippen LogP contribution in [0.2, 0.25) is 0 Å². The summed E-state index contributed by atoms with van der Waals surface area (Å²) < 4.78 is 5.52. The first-order valence-corrected chi connectivity index (χ1v) is 11.5. The van der Waals surface area contributed by atoms with Gasteiger partial charge in [0.2, 0.25) is 0 Å². The van der Waals surface area contributed by atoms with Crippen LogP contribution >= 0.6 is 22.7 Å². The van der Waals surface area contributed by atoms with E-state index in [2.05, 4.69) is 23.0 Å². The monoisotopic (exact) mass is 416 g/mol. The molecule has 2 atom stereocenters. The van der Waals surface area contributed by atoms with Crippen LogP contribution in [0.1, 0.15) is 60.4 Å². The number of ether oxygens (including phenoxy) is 1. The molecule has 0 unspecified atom stereocenters. The number of H-pyrrole nitrogens is 1. The Morgan fingerprint density at radius 1 is 1.46 bits per heavy atom. The number of thiophene rings is 2. The summed E-state index contributed by atoms with van der Waals surface area (Å²) in [6.07, 6.45) is 4.49. The van der Waals surface area contributed by atoms with Crippen LogP contribution in [0.5, 0.6) is 0 Å². The van der Waals surface area contributed by atoms with E-state index in [0.29, 0.717) is 18.2 Å². The molecule has 0 saturated carbocycles. The summed E-state index contributed by atoms with van der Waals surface area (Å²) in [5.41, 5.74) is 1.05. The minimum absolute atomic E-state index is 0.118.